The highest BCUT2D eigenvalue weighted by Crippen LogP contribution is 2.49. The minimum Gasteiger partial charge on any atom is -0.396 e. The topological polar surface area (TPSA) is 56.7 Å². The Morgan fingerprint density at radius 3 is 2.44 bits per heavy atom. The molecule has 1 fully saturated rings. The van der Waals surface area contributed by atoms with Gasteiger partial charge in [-0.1, -0.05) is 48.5 Å². The van der Waals surface area contributed by atoms with Crippen LogP contribution in [-0.4, -0.2) is 37.3 Å². The van der Waals surface area contributed by atoms with Gasteiger partial charge in [0, 0.05) is 24.4 Å². The summed E-state index contributed by atoms with van der Waals surface area (Å²) in [6.45, 7) is 3.96. The van der Waals surface area contributed by atoms with Crippen molar-refractivity contribution in [1.29, 1.82) is 0 Å². The van der Waals surface area contributed by atoms with Gasteiger partial charge in [0.25, 0.3) is 0 Å². The first kappa shape index (κ1) is 19.4. The maximum atomic E-state index is 14.2. The van der Waals surface area contributed by atoms with Gasteiger partial charge in [-0.15, -0.1) is 0 Å². The molecule has 5 heteroatoms. The summed E-state index contributed by atoms with van der Waals surface area (Å²) in [7, 11) is 0. The molecule has 0 spiro atoms. The predicted molar refractivity (Wildman–Crippen MR) is 108 cm³/mol. The van der Waals surface area contributed by atoms with Crippen molar-refractivity contribution in [1.82, 2.24) is 10.6 Å². The molecule has 0 radical (unpaired) electrons. The fourth-order valence-corrected chi connectivity index (χ4v) is 3.36. The Morgan fingerprint density at radius 1 is 1.11 bits per heavy atom. The van der Waals surface area contributed by atoms with E-state index in [1.165, 1.54) is 6.07 Å². The number of aliphatic imine (C=N–C) groups is 1. The highest BCUT2D eigenvalue weighted by Gasteiger charge is 2.45. The Morgan fingerprint density at radius 2 is 1.81 bits per heavy atom. The molecular weight excluding hydrogens is 341 g/mol. The number of aliphatic hydroxyl groups excluding tert-OH is 1. The molecule has 27 heavy (non-hydrogen) atoms. The quantitative estimate of drug-likeness (QED) is 0.495. The van der Waals surface area contributed by atoms with Gasteiger partial charge in [0.1, 0.15) is 5.82 Å². The Hall–Kier alpha value is -2.40. The van der Waals surface area contributed by atoms with E-state index in [0.29, 0.717) is 19.0 Å². The van der Waals surface area contributed by atoms with E-state index in [9.17, 15) is 9.50 Å². The van der Waals surface area contributed by atoms with Crippen LogP contribution >= 0.6 is 0 Å². The predicted octanol–water partition coefficient (Wildman–Crippen LogP) is 3.19. The third kappa shape index (κ3) is 4.86. The zero-order valence-electron chi connectivity index (χ0n) is 15.8. The summed E-state index contributed by atoms with van der Waals surface area (Å²) in [6.07, 6.45) is 1.92. The number of hydrogen-bond acceptors (Lipinski definition) is 2. The first-order chi connectivity index (χ1) is 13.2. The number of benzene rings is 2. The monoisotopic (exact) mass is 369 g/mol. The first-order valence-corrected chi connectivity index (χ1v) is 9.61. The lowest BCUT2D eigenvalue weighted by molar-refractivity contribution is 0.265. The van der Waals surface area contributed by atoms with E-state index in [-0.39, 0.29) is 23.8 Å². The molecule has 0 saturated heterocycles. The van der Waals surface area contributed by atoms with Gasteiger partial charge in [0.05, 0.1) is 13.2 Å². The first-order valence-electron chi connectivity index (χ1n) is 9.61. The Balaban J connectivity index is 1.66. The molecule has 0 aliphatic heterocycles. The van der Waals surface area contributed by atoms with E-state index in [4.69, 9.17) is 4.99 Å². The lowest BCUT2D eigenvalue weighted by Crippen LogP contribution is -2.40. The fourth-order valence-electron chi connectivity index (χ4n) is 3.36. The molecule has 1 saturated carbocycles. The molecule has 2 aromatic carbocycles. The molecule has 3 rings (SSSR count). The van der Waals surface area contributed by atoms with Crippen LogP contribution < -0.4 is 10.6 Å². The van der Waals surface area contributed by atoms with Gasteiger partial charge < -0.3 is 15.7 Å². The van der Waals surface area contributed by atoms with Gasteiger partial charge >= 0.3 is 0 Å². The minimum atomic E-state index is -0.177. The summed E-state index contributed by atoms with van der Waals surface area (Å²) in [5.41, 5.74) is 1.68. The summed E-state index contributed by atoms with van der Waals surface area (Å²) < 4.78 is 14.2. The number of hydrogen-bond donors (Lipinski definition) is 3. The standard InChI is InChI=1S/C22H28FN3O/c1-2-24-21(25-14-18(15-27)17-8-4-3-5-9-17)26-16-22(12-13-22)19-10-6-7-11-20(19)23/h3-11,18,27H,2,12-16H2,1H3,(H2,24,25,26). The van der Waals surface area contributed by atoms with E-state index in [2.05, 4.69) is 10.6 Å². The van der Waals surface area contributed by atoms with Gasteiger partial charge in [-0.3, -0.25) is 4.99 Å². The Labute approximate surface area is 160 Å². The summed E-state index contributed by atoms with van der Waals surface area (Å²) in [5, 5.41) is 16.3. The molecule has 4 nitrogen and oxygen atoms in total. The summed E-state index contributed by atoms with van der Waals surface area (Å²) in [4.78, 5) is 4.71. The molecule has 0 amide bonds. The Kier molecular flexibility index (Phi) is 6.45. The molecule has 0 bridgehead atoms. The fraction of sp³-hybridized carbons (Fsp3) is 0.409. The average molecular weight is 369 g/mol. The van der Waals surface area contributed by atoms with Crippen LogP contribution in [0, 0.1) is 5.82 Å². The molecule has 3 N–H and O–H groups in total. The Bertz CT molecular complexity index is 759. The van der Waals surface area contributed by atoms with Gasteiger partial charge in [-0.2, -0.15) is 0 Å². The van der Waals surface area contributed by atoms with E-state index >= 15 is 0 Å². The van der Waals surface area contributed by atoms with Crippen LogP contribution in [0.15, 0.2) is 59.6 Å². The highest BCUT2D eigenvalue weighted by atomic mass is 19.1. The third-order valence-electron chi connectivity index (χ3n) is 5.19. The zero-order chi connectivity index (χ0) is 19.1. The van der Waals surface area contributed by atoms with Crippen molar-refractivity contribution < 1.29 is 9.50 Å². The lowest BCUT2D eigenvalue weighted by atomic mass is 9.95. The molecule has 0 aromatic heterocycles. The summed E-state index contributed by atoms with van der Waals surface area (Å²) >= 11 is 0. The number of aliphatic hydroxyl groups is 1. The highest BCUT2D eigenvalue weighted by molar-refractivity contribution is 5.80. The van der Waals surface area contributed by atoms with Crippen molar-refractivity contribution >= 4 is 5.96 Å². The van der Waals surface area contributed by atoms with Gasteiger partial charge in [0.2, 0.25) is 0 Å². The molecule has 0 heterocycles. The van der Waals surface area contributed by atoms with E-state index in [1.807, 2.05) is 49.4 Å². The second kappa shape index (κ2) is 9.00. The second-order valence-corrected chi connectivity index (χ2v) is 7.13. The summed E-state index contributed by atoms with van der Waals surface area (Å²) in [5.74, 6) is 0.554. The molecule has 1 atom stereocenters. The van der Waals surface area contributed by atoms with Crippen molar-refractivity contribution in [3.05, 3.63) is 71.5 Å². The van der Waals surface area contributed by atoms with E-state index in [0.717, 1.165) is 30.5 Å². The van der Waals surface area contributed by atoms with E-state index < -0.39 is 0 Å². The van der Waals surface area contributed by atoms with Crippen LogP contribution in [0.3, 0.4) is 0 Å². The molecule has 144 valence electrons. The van der Waals surface area contributed by atoms with Crippen LogP contribution in [0.4, 0.5) is 4.39 Å². The van der Waals surface area contributed by atoms with E-state index in [1.54, 1.807) is 6.07 Å². The van der Waals surface area contributed by atoms with Crippen LogP contribution in [0.25, 0.3) is 0 Å². The average Bonchev–Trinajstić information content (AvgIpc) is 3.48. The van der Waals surface area contributed by atoms with Gasteiger partial charge in [-0.25, -0.2) is 4.39 Å². The smallest absolute Gasteiger partial charge is 0.191 e. The van der Waals surface area contributed by atoms with Crippen LogP contribution in [0.2, 0.25) is 0 Å². The molecule has 1 aliphatic rings. The molecular formula is C22H28FN3O. The van der Waals surface area contributed by atoms with Crippen LogP contribution in [0.5, 0.6) is 0 Å². The number of guanidine groups is 1. The van der Waals surface area contributed by atoms with Crippen LogP contribution in [0.1, 0.15) is 36.8 Å². The SMILES string of the molecule is CCNC(=NCC1(c2ccccc2F)CC1)NCC(CO)c1ccccc1. The largest absolute Gasteiger partial charge is 0.396 e. The number of rotatable bonds is 8. The zero-order valence-corrected chi connectivity index (χ0v) is 15.8. The number of nitrogens with one attached hydrogen (secondary N) is 2. The summed E-state index contributed by atoms with van der Waals surface area (Å²) in [6, 6.07) is 17.0. The van der Waals surface area contributed by atoms with Crippen molar-refractivity contribution in [2.45, 2.75) is 31.1 Å². The van der Waals surface area contributed by atoms with Crippen molar-refractivity contribution in [3.63, 3.8) is 0 Å². The number of halogens is 1. The maximum absolute atomic E-state index is 14.2. The second-order valence-electron chi connectivity index (χ2n) is 7.13. The third-order valence-corrected chi connectivity index (χ3v) is 5.19. The maximum Gasteiger partial charge on any atom is 0.191 e. The number of nitrogens with zero attached hydrogens (tertiary/aromatic N) is 1. The van der Waals surface area contributed by atoms with Crippen LogP contribution in [-0.2, 0) is 5.41 Å². The van der Waals surface area contributed by atoms with Crippen molar-refractivity contribution in [2.24, 2.45) is 4.99 Å². The molecule has 1 unspecified atom stereocenters. The van der Waals surface area contributed by atoms with Crippen molar-refractivity contribution in [3.8, 4) is 0 Å². The van der Waals surface area contributed by atoms with Crippen molar-refractivity contribution in [2.75, 3.05) is 26.2 Å². The molecule has 1 aliphatic carbocycles. The van der Waals surface area contributed by atoms with Gasteiger partial charge in [0.15, 0.2) is 5.96 Å². The minimum absolute atomic E-state index is 0.00323. The normalized spacial score (nSPS) is 16.6. The molecule has 2 aromatic rings. The van der Waals surface area contributed by atoms with Gasteiger partial charge in [-0.05, 0) is 37.0 Å². The lowest BCUT2D eigenvalue weighted by Gasteiger charge is -2.19.